The Hall–Kier alpha value is -1.16. The zero-order valence-electron chi connectivity index (χ0n) is 12.4. The van der Waals surface area contributed by atoms with Crippen LogP contribution in [0, 0.1) is 0 Å². The number of halogens is 2. The Bertz CT molecular complexity index is 354. The van der Waals surface area contributed by atoms with E-state index < -0.39 is 6.61 Å². The minimum atomic E-state index is -2.76. The van der Waals surface area contributed by atoms with E-state index in [4.69, 9.17) is 0 Å². The fourth-order valence-electron chi connectivity index (χ4n) is 2.06. The maximum Gasteiger partial charge on any atom is 0.387 e. The van der Waals surface area contributed by atoms with Crippen molar-refractivity contribution in [3.63, 3.8) is 0 Å². The van der Waals surface area contributed by atoms with Crippen molar-refractivity contribution in [2.24, 2.45) is 0 Å². The van der Waals surface area contributed by atoms with E-state index in [9.17, 15) is 8.78 Å². The molecular formula is C16H25F2NO. The van der Waals surface area contributed by atoms with E-state index in [1.54, 1.807) is 12.1 Å². The van der Waals surface area contributed by atoms with Crippen molar-refractivity contribution >= 4 is 0 Å². The van der Waals surface area contributed by atoms with Crippen molar-refractivity contribution in [3.8, 4) is 5.75 Å². The van der Waals surface area contributed by atoms with Crippen LogP contribution in [0.3, 0.4) is 0 Å². The van der Waals surface area contributed by atoms with Gasteiger partial charge in [0.2, 0.25) is 0 Å². The first-order valence-corrected chi connectivity index (χ1v) is 7.39. The minimum absolute atomic E-state index is 0.205. The number of hydrogen-bond acceptors (Lipinski definition) is 2. The summed E-state index contributed by atoms with van der Waals surface area (Å²) in [6.45, 7) is 2.38. The molecule has 0 fully saturated rings. The summed E-state index contributed by atoms with van der Waals surface area (Å²) in [6.07, 6.45) is 6.28. The molecule has 0 amide bonds. The molecule has 0 aromatic heterocycles. The van der Waals surface area contributed by atoms with E-state index in [1.807, 2.05) is 12.1 Å². The van der Waals surface area contributed by atoms with E-state index in [0.29, 0.717) is 6.04 Å². The van der Waals surface area contributed by atoms with E-state index >= 15 is 0 Å². The molecular weight excluding hydrogens is 260 g/mol. The Morgan fingerprint density at radius 1 is 1.10 bits per heavy atom. The van der Waals surface area contributed by atoms with Crippen LogP contribution < -0.4 is 10.1 Å². The lowest BCUT2D eigenvalue weighted by Gasteiger charge is -2.14. The fourth-order valence-corrected chi connectivity index (χ4v) is 2.06. The van der Waals surface area contributed by atoms with Gasteiger partial charge in [0.25, 0.3) is 0 Å². The normalized spacial score (nSPS) is 12.7. The molecule has 1 unspecified atom stereocenters. The third-order valence-electron chi connectivity index (χ3n) is 3.29. The first-order valence-electron chi connectivity index (χ1n) is 7.39. The first-order chi connectivity index (χ1) is 9.61. The molecule has 0 aliphatic heterocycles. The third kappa shape index (κ3) is 7.43. The standard InChI is InChI=1S/C16H25F2NO/c1-3-4-5-6-7-13(2)19-12-14-8-10-15(11-9-14)20-16(17)18/h8-11,13,16,19H,3-7,12H2,1-2H3. The van der Waals surface area contributed by atoms with Crippen LogP contribution >= 0.6 is 0 Å². The number of nitrogens with one attached hydrogen (secondary N) is 1. The molecule has 4 heteroatoms. The maximum absolute atomic E-state index is 12.0. The van der Waals surface area contributed by atoms with Gasteiger partial charge >= 0.3 is 6.61 Å². The van der Waals surface area contributed by atoms with Crippen LogP contribution in [0.2, 0.25) is 0 Å². The van der Waals surface area contributed by atoms with Crippen molar-refractivity contribution in [1.29, 1.82) is 0 Å². The van der Waals surface area contributed by atoms with Gasteiger partial charge in [-0.05, 0) is 31.0 Å². The second-order valence-corrected chi connectivity index (χ2v) is 5.15. The van der Waals surface area contributed by atoms with Crippen molar-refractivity contribution in [2.75, 3.05) is 0 Å². The number of unbranched alkanes of at least 4 members (excludes halogenated alkanes) is 3. The maximum atomic E-state index is 12.0. The fraction of sp³-hybridized carbons (Fsp3) is 0.625. The van der Waals surface area contributed by atoms with Gasteiger partial charge in [-0.3, -0.25) is 0 Å². The number of rotatable bonds is 10. The molecule has 0 aliphatic carbocycles. The molecule has 0 saturated carbocycles. The molecule has 1 N–H and O–H groups in total. The lowest BCUT2D eigenvalue weighted by atomic mass is 10.1. The summed E-state index contributed by atoms with van der Waals surface area (Å²) in [5, 5.41) is 3.45. The Labute approximate surface area is 120 Å². The van der Waals surface area contributed by atoms with Crippen LogP contribution in [0.25, 0.3) is 0 Å². The van der Waals surface area contributed by atoms with Gasteiger partial charge in [0.05, 0.1) is 0 Å². The summed E-state index contributed by atoms with van der Waals surface area (Å²) in [7, 11) is 0. The van der Waals surface area contributed by atoms with Gasteiger partial charge in [-0.25, -0.2) is 0 Å². The van der Waals surface area contributed by atoms with Crippen LogP contribution in [0.4, 0.5) is 8.78 Å². The summed E-state index contributed by atoms with van der Waals surface area (Å²) < 4.78 is 28.3. The summed E-state index contributed by atoms with van der Waals surface area (Å²) >= 11 is 0. The Kier molecular flexibility index (Phi) is 8.19. The quantitative estimate of drug-likeness (QED) is 0.627. The molecule has 0 radical (unpaired) electrons. The largest absolute Gasteiger partial charge is 0.435 e. The number of alkyl halides is 2. The lowest BCUT2D eigenvalue weighted by Crippen LogP contribution is -2.25. The van der Waals surface area contributed by atoms with Crippen LogP contribution in [-0.4, -0.2) is 12.7 Å². The average Bonchev–Trinajstić information content (AvgIpc) is 2.42. The van der Waals surface area contributed by atoms with Gasteiger partial charge in [0, 0.05) is 12.6 Å². The second kappa shape index (κ2) is 9.70. The molecule has 0 saturated heterocycles. The van der Waals surface area contributed by atoms with Crippen LogP contribution in [-0.2, 0) is 6.54 Å². The summed E-state index contributed by atoms with van der Waals surface area (Å²) in [5.41, 5.74) is 1.08. The molecule has 0 spiro atoms. The van der Waals surface area contributed by atoms with Crippen molar-refractivity contribution in [3.05, 3.63) is 29.8 Å². The smallest absolute Gasteiger partial charge is 0.387 e. The third-order valence-corrected chi connectivity index (χ3v) is 3.29. The van der Waals surface area contributed by atoms with Crippen LogP contribution in [0.15, 0.2) is 24.3 Å². The lowest BCUT2D eigenvalue weighted by molar-refractivity contribution is -0.0498. The number of ether oxygens (including phenoxy) is 1. The van der Waals surface area contributed by atoms with Gasteiger partial charge in [-0.1, -0.05) is 44.7 Å². The Morgan fingerprint density at radius 2 is 1.80 bits per heavy atom. The summed E-state index contributed by atoms with van der Waals surface area (Å²) in [5.74, 6) is 0.205. The van der Waals surface area contributed by atoms with Gasteiger partial charge in [-0.2, -0.15) is 8.78 Å². The highest BCUT2D eigenvalue weighted by Gasteiger charge is 2.04. The molecule has 0 heterocycles. The minimum Gasteiger partial charge on any atom is -0.435 e. The predicted octanol–water partition coefficient (Wildman–Crippen LogP) is 4.74. The molecule has 1 aromatic carbocycles. The van der Waals surface area contributed by atoms with Gasteiger partial charge in [-0.15, -0.1) is 0 Å². The van der Waals surface area contributed by atoms with E-state index in [0.717, 1.165) is 12.1 Å². The Balaban J connectivity index is 2.23. The van der Waals surface area contributed by atoms with E-state index in [2.05, 4.69) is 23.9 Å². The molecule has 20 heavy (non-hydrogen) atoms. The highest BCUT2D eigenvalue weighted by molar-refractivity contribution is 5.27. The van der Waals surface area contributed by atoms with Crippen molar-refractivity contribution in [1.82, 2.24) is 5.32 Å². The first kappa shape index (κ1) is 16.9. The topological polar surface area (TPSA) is 21.3 Å². The van der Waals surface area contributed by atoms with Gasteiger partial charge in [0.15, 0.2) is 0 Å². The van der Waals surface area contributed by atoms with Crippen molar-refractivity contribution < 1.29 is 13.5 Å². The highest BCUT2D eigenvalue weighted by Crippen LogP contribution is 2.15. The molecule has 0 aliphatic rings. The van der Waals surface area contributed by atoms with Crippen molar-refractivity contribution in [2.45, 2.75) is 65.1 Å². The zero-order chi connectivity index (χ0) is 14.8. The number of benzene rings is 1. The van der Waals surface area contributed by atoms with Crippen LogP contribution in [0.5, 0.6) is 5.75 Å². The number of hydrogen-bond donors (Lipinski definition) is 1. The monoisotopic (exact) mass is 285 g/mol. The second-order valence-electron chi connectivity index (χ2n) is 5.15. The SMILES string of the molecule is CCCCCCC(C)NCc1ccc(OC(F)F)cc1. The molecule has 0 bridgehead atoms. The Morgan fingerprint density at radius 3 is 2.40 bits per heavy atom. The molecule has 1 atom stereocenters. The molecule has 1 aromatic rings. The van der Waals surface area contributed by atoms with E-state index in [-0.39, 0.29) is 5.75 Å². The van der Waals surface area contributed by atoms with Crippen LogP contribution in [0.1, 0.15) is 51.5 Å². The van der Waals surface area contributed by atoms with E-state index in [1.165, 1.54) is 32.1 Å². The van der Waals surface area contributed by atoms with Gasteiger partial charge in [0.1, 0.15) is 5.75 Å². The van der Waals surface area contributed by atoms with Gasteiger partial charge < -0.3 is 10.1 Å². The highest BCUT2D eigenvalue weighted by atomic mass is 19.3. The predicted molar refractivity (Wildman–Crippen MR) is 78.1 cm³/mol. The molecule has 1 rings (SSSR count). The zero-order valence-corrected chi connectivity index (χ0v) is 12.4. The summed E-state index contributed by atoms with van der Waals surface area (Å²) in [4.78, 5) is 0. The molecule has 114 valence electrons. The summed E-state index contributed by atoms with van der Waals surface area (Å²) in [6, 6.07) is 7.26. The average molecular weight is 285 g/mol. The molecule has 2 nitrogen and oxygen atoms in total.